The highest BCUT2D eigenvalue weighted by Crippen LogP contribution is 2.15. The van der Waals surface area contributed by atoms with Gasteiger partial charge in [-0.15, -0.1) is 0 Å². The molecule has 2 atom stereocenters. The Morgan fingerprint density at radius 2 is 2.10 bits per heavy atom. The van der Waals surface area contributed by atoms with Crippen LogP contribution < -0.4 is 5.32 Å². The Bertz CT molecular complexity index is 347. The van der Waals surface area contributed by atoms with Crippen molar-refractivity contribution in [1.29, 1.82) is 0 Å². The Labute approximate surface area is 126 Å². The van der Waals surface area contributed by atoms with E-state index in [2.05, 4.69) is 24.1 Å². The zero-order valence-electron chi connectivity index (χ0n) is 13.2. The molecule has 7 heteroatoms. The van der Waals surface area contributed by atoms with Gasteiger partial charge in [0.05, 0.1) is 0 Å². The largest absolute Gasteiger partial charge is 0.480 e. The lowest BCUT2D eigenvalue weighted by atomic mass is 10.2. The summed E-state index contributed by atoms with van der Waals surface area (Å²) in [6, 6.07) is -0.828. The van der Waals surface area contributed by atoms with Crippen molar-refractivity contribution in [1.82, 2.24) is 15.1 Å². The quantitative estimate of drug-likeness (QED) is 0.686. The first-order chi connectivity index (χ1) is 10.0. The molecule has 1 aliphatic heterocycles. The first-order valence-electron chi connectivity index (χ1n) is 7.54. The molecular formula is C14H27N3O4. The molecule has 0 spiro atoms. The molecule has 0 aromatic rings. The number of methoxy groups -OCH3 is 1. The van der Waals surface area contributed by atoms with Gasteiger partial charge in [0.1, 0.15) is 6.04 Å². The monoisotopic (exact) mass is 301 g/mol. The summed E-state index contributed by atoms with van der Waals surface area (Å²) in [6.45, 7) is 7.77. The molecule has 0 aromatic carbocycles. The lowest BCUT2D eigenvalue weighted by Crippen LogP contribution is -2.48. The van der Waals surface area contributed by atoms with Crippen molar-refractivity contribution in [2.75, 3.05) is 39.9 Å². The first kappa shape index (κ1) is 17.7. The molecule has 2 N–H and O–H groups in total. The van der Waals surface area contributed by atoms with Gasteiger partial charge in [0, 0.05) is 39.3 Å². The van der Waals surface area contributed by atoms with E-state index in [0.29, 0.717) is 25.7 Å². The maximum atomic E-state index is 12.2. The molecular weight excluding hydrogens is 274 g/mol. The molecule has 21 heavy (non-hydrogen) atoms. The number of urea groups is 1. The molecule has 122 valence electrons. The number of rotatable bonds is 8. The van der Waals surface area contributed by atoms with E-state index in [1.54, 1.807) is 4.90 Å². The number of aliphatic carboxylic acids is 1. The molecule has 0 radical (unpaired) electrons. The fourth-order valence-electron chi connectivity index (χ4n) is 2.70. The average molecular weight is 301 g/mol. The summed E-state index contributed by atoms with van der Waals surface area (Å²) in [7, 11) is 1.51. The van der Waals surface area contributed by atoms with Crippen molar-refractivity contribution < 1.29 is 19.4 Å². The van der Waals surface area contributed by atoms with Crippen LogP contribution in [0.25, 0.3) is 0 Å². The minimum atomic E-state index is -1.03. The van der Waals surface area contributed by atoms with Crippen molar-refractivity contribution in [2.24, 2.45) is 0 Å². The Balaban J connectivity index is 2.50. The van der Waals surface area contributed by atoms with Gasteiger partial charge >= 0.3 is 12.0 Å². The van der Waals surface area contributed by atoms with Gasteiger partial charge in [0.15, 0.2) is 0 Å². The lowest BCUT2D eigenvalue weighted by molar-refractivity contribution is -0.139. The number of likely N-dealkylation sites (tertiary alicyclic amines) is 1. The van der Waals surface area contributed by atoms with Crippen molar-refractivity contribution in [3.8, 4) is 0 Å². The van der Waals surface area contributed by atoms with E-state index >= 15 is 0 Å². The highest BCUT2D eigenvalue weighted by atomic mass is 16.5. The maximum Gasteiger partial charge on any atom is 0.326 e. The van der Waals surface area contributed by atoms with Crippen molar-refractivity contribution in [2.45, 2.75) is 38.8 Å². The van der Waals surface area contributed by atoms with E-state index in [0.717, 1.165) is 19.5 Å². The minimum absolute atomic E-state index is 0.269. The van der Waals surface area contributed by atoms with E-state index in [1.807, 2.05) is 0 Å². The molecule has 1 heterocycles. The third kappa shape index (κ3) is 5.17. The van der Waals surface area contributed by atoms with Crippen LogP contribution in [0.5, 0.6) is 0 Å². The summed E-state index contributed by atoms with van der Waals surface area (Å²) in [5.41, 5.74) is 0. The Hall–Kier alpha value is -1.34. The van der Waals surface area contributed by atoms with Gasteiger partial charge in [0.25, 0.3) is 0 Å². The lowest BCUT2D eigenvalue weighted by Gasteiger charge is -2.26. The molecule has 1 rings (SSSR count). The molecule has 0 aliphatic carbocycles. The number of carbonyl (C=O) groups is 2. The van der Waals surface area contributed by atoms with Crippen LogP contribution in [0.4, 0.5) is 4.79 Å². The number of amides is 2. The fraction of sp³-hybridized carbons (Fsp3) is 0.857. The molecule has 1 saturated heterocycles. The predicted molar refractivity (Wildman–Crippen MR) is 79.3 cm³/mol. The van der Waals surface area contributed by atoms with E-state index in [1.165, 1.54) is 7.11 Å². The van der Waals surface area contributed by atoms with Gasteiger partial charge in [0.2, 0.25) is 0 Å². The SMILES string of the molecule is CCN(CC)C1CCN(C(=O)NC(CCOC)C(=O)O)C1. The minimum Gasteiger partial charge on any atom is -0.480 e. The van der Waals surface area contributed by atoms with Crippen LogP contribution in [0.15, 0.2) is 0 Å². The molecule has 2 unspecified atom stereocenters. The molecule has 7 nitrogen and oxygen atoms in total. The third-order valence-electron chi connectivity index (χ3n) is 3.99. The molecule has 0 bridgehead atoms. The van der Waals surface area contributed by atoms with E-state index < -0.39 is 12.0 Å². The van der Waals surface area contributed by atoms with Crippen molar-refractivity contribution in [3.05, 3.63) is 0 Å². The number of hydrogen-bond acceptors (Lipinski definition) is 4. The fourth-order valence-corrected chi connectivity index (χ4v) is 2.70. The van der Waals surface area contributed by atoms with Crippen LogP contribution in [0.3, 0.4) is 0 Å². The number of carboxylic acids is 1. The highest BCUT2D eigenvalue weighted by Gasteiger charge is 2.31. The molecule has 0 saturated carbocycles. The third-order valence-corrected chi connectivity index (χ3v) is 3.99. The van der Waals surface area contributed by atoms with Crippen LogP contribution >= 0.6 is 0 Å². The number of hydrogen-bond donors (Lipinski definition) is 2. The zero-order valence-corrected chi connectivity index (χ0v) is 13.2. The number of carbonyl (C=O) groups excluding carboxylic acids is 1. The summed E-state index contributed by atoms with van der Waals surface area (Å²) in [4.78, 5) is 27.3. The number of likely N-dealkylation sites (N-methyl/N-ethyl adjacent to an activating group) is 1. The number of ether oxygens (including phenoxy) is 1. The standard InChI is InChI=1S/C14H27N3O4/c1-4-16(5-2)11-6-8-17(10-11)14(20)15-12(13(18)19)7-9-21-3/h11-12H,4-10H2,1-3H3,(H,15,20)(H,18,19). The zero-order chi connectivity index (χ0) is 15.8. The van der Waals surface area contributed by atoms with Gasteiger partial charge in [-0.2, -0.15) is 0 Å². The Kier molecular flexibility index (Phi) is 7.45. The van der Waals surface area contributed by atoms with E-state index in [-0.39, 0.29) is 12.5 Å². The van der Waals surface area contributed by atoms with Gasteiger partial charge in [-0.3, -0.25) is 4.90 Å². The van der Waals surface area contributed by atoms with Crippen LogP contribution in [0.2, 0.25) is 0 Å². The maximum absolute atomic E-state index is 12.2. The number of nitrogens with zero attached hydrogens (tertiary/aromatic N) is 2. The summed E-state index contributed by atoms with van der Waals surface area (Å²) >= 11 is 0. The average Bonchev–Trinajstić information content (AvgIpc) is 2.94. The van der Waals surface area contributed by atoms with Gasteiger partial charge in [-0.1, -0.05) is 13.8 Å². The molecule has 2 amide bonds. The van der Waals surface area contributed by atoms with E-state index in [4.69, 9.17) is 9.84 Å². The number of nitrogens with one attached hydrogen (secondary N) is 1. The second kappa shape index (κ2) is 8.84. The van der Waals surface area contributed by atoms with Crippen LogP contribution in [-0.2, 0) is 9.53 Å². The Morgan fingerprint density at radius 3 is 2.62 bits per heavy atom. The van der Waals surface area contributed by atoms with Gasteiger partial charge in [-0.25, -0.2) is 9.59 Å². The van der Waals surface area contributed by atoms with E-state index in [9.17, 15) is 9.59 Å². The van der Waals surface area contributed by atoms with Crippen LogP contribution in [-0.4, -0.2) is 78.9 Å². The van der Waals surface area contributed by atoms with Crippen LogP contribution in [0, 0.1) is 0 Å². The second-order valence-electron chi connectivity index (χ2n) is 5.23. The first-order valence-corrected chi connectivity index (χ1v) is 7.54. The predicted octanol–water partition coefficient (Wildman–Crippen LogP) is 0.602. The molecule has 1 aliphatic rings. The molecule has 1 fully saturated rings. The van der Waals surface area contributed by atoms with Crippen molar-refractivity contribution >= 4 is 12.0 Å². The summed E-state index contributed by atoms with van der Waals surface area (Å²) in [5.74, 6) is -1.03. The van der Waals surface area contributed by atoms with Crippen molar-refractivity contribution in [3.63, 3.8) is 0 Å². The number of carboxylic acid groups (broad SMARTS) is 1. The summed E-state index contributed by atoms with van der Waals surface area (Å²) < 4.78 is 4.87. The second-order valence-corrected chi connectivity index (χ2v) is 5.23. The van der Waals surface area contributed by atoms with Gasteiger partial charge in [-0.05, 0) is 19.5 Å². The normalized spacial score (nSPS) is 19.8. The topological polar surface area (TPSA) is 82.1 Å². The summed E-state index contributed by atoms with van der Waals surface area (Å²) in [5, 5.41) is 11.7. The molecule has 0 aromatic heterocycles. The summed E-state index contributed by atoms with van der Waals surface area (Å²) in [6.07, 6.45) is 1.20. The van der Waals surface area contributed by atoms with Gasteiger partial charge < -0.3 is 20.1 Å². The highest BCUT2D eigenvalue weighted by molar-refractivity contribution is 5.82. The van der Waals surface area contributed by atoms with Crippen LogP contribution in [0.1, 0.15) is 26.7 Å². The smallest absolute Gasteiger partial charge is 0.326 e. The Morgan fingerprint density at radius 1 is 1.43 bits per heavy atom.